The Hall–Kier alpha value is -2.69. The molecule has 1 saturated carbocycles. The van der Waals surface area contributed by atoms with E-state index >= 15 is 0 Å². The maximum absolute atomic E-state index is 13.9. The third-order valence-corrected chi connectivity index (χ3v) is 9.43. The fourth-order valence-electron chi connectivity index (χ4n) is 5.39. The molecule has 230 valence electrons. The monoisotopic (exact) mass is 688 g/mol. The van der Waals surface area contributed by atoms with Crippen molar-refractivity contribution in [2.75, 3.05) is 18.5 Å². The van der Waals surface area contributed by atoms with Gasteiger partial charge in [0.15, 0.2) is 11.5 Å². The van der Waals surface area contributed by atoms with Crippen LogP contribution in [0, 0.1) is 0 Å². The quantitative estimate of drug-likeness (QED) is 0.115. The van der Waals surface area contributed by atoms with Crippen LogP contribution in [0.25, 0.3) is 0 Å². The van der Waals surface area contributed by atoms with Crippen LogP contribution >= 0.6 is 39.3 Å². The Morgan fingerprint density at radius 2 is 1.95 bits per heavy atom. The molecule has 8 nitrogen and oxygen atoms in total. The lowest BCUT2D eigenvalue weighted by atomic mass is 9.94. The summed E-state index contributed by atoms with van der Waals surface area (Å²) in [7, 11) is 0. The Morgan fingerprint density at radius 3 is 2.70 bits per heavy atom. The number of fused-ring (bicyclic) bond motifs is 1. The summed E-state index contributed by atoms with van der Waals surface area (Å²) in [5.74, 6) is 2.08. The van der Waals surface area contributed by atoms with Crippen molar-refractivity contribution in [2.45, 2.75) is 88.8 Å². The highest BCUT2D eigenvalue weighted by atomic mass is 79.9. The van der Waals surface area contributed by atoms with E-state index in [9.17, 15) is 4.79 Å². The number of carbonyl (C=O) groups is 1. The Morgan fingerprint density at radius 1 is 1.16 bits per heavy atom. The molecule has 1 unspecified atom stereocenters. The molecular formula is C32H38BrClN4O4S. The molecule has 0 amide bonds. The molecule has 0 spiro atoms. The van der Waals surface area contributed by atoms with E-state index in [0.717, 1.165) is 54.1 Å². The zero-order chi connectivity index (χ0) is 30.3. The highest BCUT2D eigenvalue weighted by Crippen LogP contribution is 2.44. The average Bonchev–Trinajstić information content (AvgIpc) is 3.40. The van der Waals surface area contributed by atoms with Gasteiger partial charge in [-0.15, -0.1) is 5.10 Å². The van der Waals surface area contributed by atoms with Crippen LogP contribution in [0.3, 0.4) is 0 Å². The summed E-state index contributed by atoms with van der Waals surface area (Å²) in [5.41, 5.74) is 3.00. The van der Waals surface area contributed by atoms with Crippen molar-refractivity contribution in [1.82, 2.24) is 14.8 Å². The SMILES string of the molecule is CCCCOc1c(Br)cc(C2C(C(=O)OC3CCCCC3)=C(C)Nc3nc(SCc4ccccc4Cl)nn32)cc1OCC. The highest BCUT2D eigenvalue weighted by molar-refractivity contribution is 9.10. The van der Waals surface area contributed by atoms with Gasteiger partial charge in [-0.25, -0.2) is 9.48 Å². The molecule has 1 aliphatic heterocycles. The number of rotatable bonds is 12. The normalized spacial score (nSPS) is 16.9. The van der Waals surface area contributed by atoms with E-state index < -0.39 is 6.04 Å². The number of anilines is 1. The highest BCUT2D eigenvalue weighted by Gasteiger charge is 2.37. The lowest BCUT2D eigenvalue weighted by Gasteiger charge is -2.30. The second-order valence-corrected chi connectivity index (χ2v) is 12.9. The van der Waals surface area contributed by atoms with E-state index in [4.69, 9.17) is 35.9 Å². The van der Waals surface area contributed by atoms with Crippen LogP contribution in [0.5, 0.6) is 11.5 Å². The summed E-state index contributed by atoms with van der Waals surface area (Å²) < 4.78 is 20.8. The number of aromatic nitrogens is 3. The number of allylic oxidation sites excluding steroid dienone is 1. The van der Waals surface area contributed by atoms with Gasteiger partial charge in [-0.3, -0.25) is 0 Å². The van der Waals surface area contributed by atoms with Crippen LogP contribution in [-0.4, -0.2) is 40.1 Å². The van der Waals surface area contributed by atoms with Gasteiger partial charge < -0.3 is 19.5 Å². The zero-order valence-corrected chi connectivity index (χ0v) is 28.0. The largest absolute Gasteiger partial charge is 0.490 e. The van der Waals surface area contributed by atoms with E-state index in [0.29, 0.717) is 57.9 Å². The van der Waals surface area contributed by atoms with Gasteiger partial charge >= 0.3 is 5.97 Å². The van der Waals surface area contributed by atoms with Crippen molar-refractivity contribution in [3.63, 3.8) is 0 Å². The Bertz CT molecular complexity index is 1470. The van der Waals surface area contributed by atoms with E-state index in [1.54, 1.807) is 4.68 Å². The number of hydrogen-bond acceptors (Lipinski definition) is 8. The molecule has 1 aliphatic carbocycles. The number of thioether (sulfide) groups is 1. The summed E-state index contributed by atoms with van der Waals surface area (Å²) in [5, 5.41) is 9.49. The lowest BCUT2D eigenvalue weighted by Crippen LogP contribution is -2.32. The molecule has 0 saturated heterocycles. The molecular weight excluding hydrogens is 652 g/mol. The van der Waals surface area contributed by atoms with Gasteiger partial charge in [-0.1, -0.05) is 61.3 Å². The second kappa shape index (κ2) is 14.9. The number of carbonyl (C=O) groups excluding carboxylic acids is 1. The number of benzene rings is 2. The van der Waals surface area contributed by atoms with Crippen LogP contribution in [0.1, 0.15) is 82.9 Å². The topological polar surface area (TPSA) is 87.5 Å². The number of ether oxygens (including phenoxy) is 3. The van der Waals surface area contributed by atoms with E-state index in [1.165, 1.54) is 18.2 Å². The van der Waals surface area contributed by atoms with Crippen LogP contribution in [-0.2, 0) is 15.3 Å². The molecule has 0 radical (unpaired) electrons. The van der Waals surface area contributed by atoms with Gasteiger partial charge in [0.25, 0.3) is 0 Å². The fraction of sp³-hybridized carbons (Fsp3) is 0.469. The van der Waals surface area contributed by atoms with Crippen LogP contribution in [0.4, 0.5) is 5.95 Å². The predicted molar refractivity (Wildman–Crippen MR) is 174 cm³/mol. The molecule has 5 rings (SSSR count). The smallest absolute Gasteiger partial charge is 0.338 e. The van der Waals surface area contributed by atoms with Crippen LogP contribution in [0.15, 0.2) is 57.3 Å². The molecule has 43 heavy (non-hydrogen) atoms. The van der Waals surface area contributed by atoms with Crippen molar-refractivity contribution in [3.05, 3.63) is 68.3 Å². The third kappa shape index (κ3) is 7.52. The molecule has 11 heteroatoms. The second-order valence-electron chi connectivity index (χ2n) is 10.7. The molecule has 2 heterocycles. The third-order valence-electron chi connectivity index (χ3n) is 7.59. The van der Waals surface area contributed by atoms with Crippen molar-refractivity contribution in [3.8, 4) is 11.5 Å². The van der Waals surface area contributed by atoms with Gasteiger partial charge in [0.1, 0.15) is 12.1 Å². The van der Waals surface area contributed by atoms with E-state index in [2.05, 4.69) is 28.2 Å². The fourth-order valence-corrected chi connectivity index (χ4v) is 7.08. The summed E-state index contributed by atoms with van der Waals surface area (Å²) in [6.07, 6.45) is 6.97. The average molecular weight is 690 g/mol. The number of esters is 1. The molecule has 1 N–H and O–H groups in total. The number of hydrogen-bond donors (Lipinski definition) is 1. The molecule has 1 fully saturated rings. The summed E-state index contributed by atoms with van der Waals surface area (Å²) in [6.45, 7) is 7.01. The summed E-state index contributed by atoms with van der Waals surface area (Å²) in [4.78, 5) is 18.7. The first kappa shape index (κ1) is 31.7. The van der Waals surface area contributed by atoms with Gasteiger partial charge in [-0.2, -0.15) is 4.98 Å². The predicted octanol–water partition coefficient (Wildman–Crippen LogP) is 8.73. The van der Waals surface area contributed by atoms with E-state index in [-0.39, 0.29) is 12.1 Å². The Kier molecular flexibility index (Phi) is 11.0. The first-order valence-electron chi connectivity index (χ1n) is 15.0. The van der Waals surface area contributed by atoms with Gasteiger partial charge in [0.05, 0.1) is 23.3 Å². The Balaban J connectivity index is 1.53. The molecule has 3 aromatic rings. The number of nitrogens with zero attached hydrogens (tertiary/aromatic N) is 3. The standard InChI is InChI=1S/C32H38BrClN4O4S/c1-4-6-16-41-29-24(33)17-22(18-26(29)40-5-2)28-27(30(39)42-23-13-8-7-9-14-23)20(3)35-31-36-32(37-38(28)31)43-19-21-12-10-11-15-25(21)34/h10-12,15,17-18,23,28H,4-9,13-14,16,19H2,1-3H3,(H,35,36,37). The lowest BCUT2D eigenvalue weighted by molar-refractivity contribution is -0.146. The van der Waals surface area contributed by atoms with Crippen LogP contribution in [0.2, 0.25) is 5.02 Å². The number of nitrogens with one attached hydrogen (secondary N) is 1. The minimum atomic E-state index is -0.588. The molecule has 1 aromatic heterocycles. The van der Waals surface area contributed by atoms with Gasteiger partial charge in [-0.05, 0) is 91.2 Å². The minimum absolute atomic E-state index is 0.0823. The number of unbranched alkanes of at least 4 members (excludes halogenated alkanes) is 1. The maximum atomic E-state index is 13.9. The maximum Gasteiger partial charge on any atom is 0.338 e. The van der Waals surface area contributed by atoms with Crippen molar-refractivity contribution < 1.29 is 19.0 Å². The van der Waals surface area contributed by atoms with Crippen molar-refractivity contribution in [2.24, 2.45) is 0 Å². The molecule has 0 bridgehead atoms. The summed E-state index contributed by atoms with van der Waals surface area (Å²) in [6, 6.07) is 11.1. The van der Waals surface area contributed by atoms with Gasteiger partial charge in [0, 0.05) is 16.5 Å². The van der Waals surface area contributed by atoms with Gasteiger partial charge in [0.2, 0.25) is 11.1 Å². The van der Waals surface area contributed by atoms with Crippen molar-refractivity contribution >= 4 is 51.2 Å². The zero-order valence-electron chi connectivity index (χ0n) is 24.8. The molecule has 2 aliphatic rings. The first-order chi connectivity index (χ1) is 20.9. The number of halogens is 2. The minimum Gasteiger partial charge on any atom is -0.490 e. The Labute approximate surface area is 271 Å². The molecule has 2 aromatic carbocycles. The summed E-state index contributed by atoms with van der Waals surface area (Å²) >= 11 is 11.6. The van der Waals surface area contributed by atoms with E-state index in [1.807, 2.05) is 50.2 Å². The molecule has 1 atom stereocenters. The van der Waals surface area contributed by atoms with Crippen molar-refractivity contribution in [1.29, 1.82) is 0 Å². The van der Waals surface area contributed by atoms with Crippen LogP contribution < -0.4 is 14.8 Å². The first-order valence-corrected chi connectivity index (χ1v) is 17.2.